The predicted molar refractivity (Wildman–Crippen MR) is 269 cm³/mol. The van der Waals surface area contributed by atoms with Gasteiger partial charge in [-0.25, -0.2) is 13.6 Å². The minimum Gasteiger partial charge on any atom is -0.463 e. The number of carbonyl (C=O) groups excluding carboxylic acids is 1. The molecule has 8 rings (SSSR count). The summed E-state index contributed by atoms with van der Waals surface area (Å²) in [5.74, 6) is 0.896. The Kier molecular flexibility index (Phi) is 15.1. The highest BCUT2D eigenvalue weighted by atomic mass is 32.3. The second-order valence-corrected chi connectivity index (χ2v) is 28.5. The summed E-state index contributed by atoms with van der Waals surface area (Å²) in [7, 11) is -6.79. The molecule has 396 valence electrons. The van der Waals surface area contributed by atoms with E-state index in [4.69, 9.17) is 23.5 Å². The Hall–Kier alpha value is -5.37. The lowest BCUT2D eigenvalue weighted by atomic mass is 9.95. The number of fused-ring (bicyclic) bond motifs is 4. The fourth-order valence-electron chi connectivity index (χ4n) is 11.2. The van der Waals surface area contributed by atoms with Crippen molar-refractivity contribution in [1.82, 2.24) is 24.8 Å². The number of carbonyl (C=O) groups is 1. The lowest BCUT2D eigenvalue weighted by Crippen LogP contribution is -2.57. The number of aromatic nitrogens is 3. The Morgan fingerprint density at radius 2 is 1.60 bits per heavy atom. The van der Waals surface area contributed by atoms with Crippen LogP contribution in [-0.2, 0) is 24.2 Å². The van der Waals surface area contributed by atoms with Crippen LogP contribution in [0.25, 0.3) is 32.9 Å². The fourth-order valence-corrected chi connectivity index (χ4v) is 17.0. The van der Waals surface area contributed by atoms with Gasteiger partial charge in [-0.3, -0.25) is 9.88 Å². The number of anilines is 1. The van der Waals surface area contributed by atoms with Crippen LogP contribution in [0.2, 0.25) is 16.6 Å². The van der Waals surface area contributed by atoms with Gasteiger partial charge < -0.3 is 28.3 Å². The summed E-state index contributed by atoms with van der Waals surface area (Å²) in [6, 6.07) is 3.75. The molecule has 2 aromatic carbocycles. The number of amides is 1. The zero-order chi connectivity index (χ0) is 53.0. The predicted octanol–water partition coefficient (Wildman–Crippen LogP) is 10.7. The molecule has 15 nitrogen and oxygen atoms in total. The van der Waals surface area contributed by atoms with Crippen molar-refractivity contribution in [2.75, 3.05) is 51.3 Å². The number of halogens is 5. The third kappa shape index (κ3) is 11.6. The SMILES string of the molecule is CON=C1CCN(CC2(COc3nc(N4CC5CCC(C4)N5C(=O)OC(C)(C)C)c4cnc(-c5cc(OS(=O)(=O)OC(F)(F)F)cc6ccc(F)c(C#C[Si](C(C)C)(C(C)C)C(C)C)c56)c(F)c4n3)CC2)CC1. The minimum absolute atomic E-state index is 0.00787. The minimum atomic E-state index is -5.78. The van der Waals surface area contributed by atoms with Gasteiger partial charge in [0.05, 0.1) is 35.4 Å². The number of hydrogen-bond acceptors (Lipinski definition) is 14. The van der Waals surface area contributed by atoms with E-state index < -0.39 is 59.6 Å². The summed E-state index contributed by atoms with van der Waals surface area (Å²) in [6.07, 6.45) is -0.0239. The molecule has 0 N–H and O–H groups in total. The molecule has 3 saturated heterocycles. The maximum atomic E-state index is 18.0. The number of ether oxygens (including phenoxy) is 2. The van der Waals surface area contributed by atoms with Crippen molar-refractivity contribution in [2.45, 2.75) is 142 Å². The maximum Gasteiger partial charge on any atom is 0.539 e. The Labute approximate surface area is 424 Å². The molecular weight excluding hydrogens is 994 g/mol. The van der Waals surface area contributed by atoms with E-state index in [2.05, 4.69) is 77.2 Å². The molecule has 1 amide bonds. The van der Waals surface area contributed by atoms with Gasteiger partial charge in [0.1, 0.15) is 49.4 Å². The normalized spacial score (nSPS) is 19.5. The largest absolute Gasteiger partial charge is 0.539 e. The molecule has 2 unspecified atom stereocenters. The zero-order valence-electron chi connectivity index (χ0n) is 43.0. The first-order valence-electron chi connectivity index (χ1n) is 24.8. The zero-order valence-corrected chi connectivity index (χ0v) is 44.8. The maximum absolute atomic E-state index is 18.0. The van der Waals surface area contributed by atoms with E-state index in [0.29, 0.717) is 25.9 Å². The van der Waals surface area contributed by atoms with E-state index in [1.165, 1.54) is 19.4 Å². The fraction of sp³-hybridized carbons (Fsp3) is 0.588. The van der Waals surface area contributed by atoms with Gasteiger partial charge in [-0.2, -0.15) is 18.4 Å². The average Bonchev–Trinajstić information content (AvgIpc) is 3.99. The van der Waals surface area contributed by atoms with E-state index >= 15 is 8.78 Å². The van der Waals surface area contributed by atoms with Gasteiger partial charge >= 0.3 is 28.9 Å². The molecule has 2 atom stereocenters. The molecular formula is C51H64F5N7O8SSi. The topological polar surface area (TPSA) is 158 Å². The van der Waals surface area contributed by atoms with Crippen molar-refractivity contribution in [3.63, 3.8) is 0 Å². The average molecular weight is 1060 g/mol. The van der Waals surface area contributed by atoms with Crippen LogP contribution < -0.4 is 13.8 Å². The summed E-state index contributed by atoms with van der Waals surface area (Å²) in [5, 5.41) is 4.37. The number of oxime groups is 1. The van der Waals surface area contributed by atoms with Crippen LogP contribution in [0.1, 0.15) is 106 Å². The summed E-state index contributed by atoms with van der Waals surface area (Å²) in [4.78, 5) is 38.7. The highest BCUT2D eigenvalue weighted by Crippen LogP contribution is 2.48. The molecule has 73 heavy (non-hydrogen) atoms. The number of rotatable bonds is 14. The molecule has 4 fully saturated rings. The quantitative estimate of drug-likeness (QED) is 0.0509. The first-order chi connectivity index (χ1) is 34.2. The summed E-state index contributed by atoms with van der Waals surface area (Å²) < 4.78 is 120. The van der Waals surface area contributed by atoms with E-state index in [9.17, 15) is 26.4 Å². The van der Waals surface area contributed by atoms with Crippen LogP contribution in [0.3, 0.4) is 0 Å². The molecule has 2 aromatic heterocycles. The first-order valence-corrected chi connectivity index (χ1v) is 28.4. The van der Waals surface area contributed by atoms with E-state index in [1.54, 1.807) is 25.7 Å². The second kappa shape index (κ2) is 20.4. The molecule has 0 radical (unpaired) electrons. The van der Waals surface area contributed by atoms with Crippen molar-refractivity contribution < 1.29 is 57.8 Å². The highest BCUT2D eigenvalue weighted by molar-refractivity contribution is 7.82. The van der Waals surface area contributed by atoms with Crippen LogP contribution in [-0.4, -0.2) is 124 Å². The summed E-state index contributed by atoms with van der Waals surface area (Å²) >= 11 is 0. The van der Waals surface area contributed by atoms with Crippen LogP contribution in [0.4, 0.5) is 32.6 Å². The second-order valence-electron chi connectivity index (χ2n) is 21.8. The molecule has 4 aliphatic rings. The lowest BCUT2D eigenvalue weighted by molar-refractivity contribution is -0.274. The third-order valence-electron chi connectivity index (χ3n) is 14.7. The lowest BCUT2D eigenvalue weighted by Gasteiger charge is -2.42. The number of piperazine rings is 1. The van der Waals surface area contributed by atoms with Crippen LogP contribution in [0.15, 0.2) is 35.6 Å². The monoisotopic (exact) mass is 1060 g/mol. The number of benzene rings is 2. The molecule has 0 spiro atoms. The van der Waals surface area contributed by atoms with Crippen molar-refractivity contribution in [1.29, 1.82) is 0 Å². The molecule has 4 aromatic rings. The Morgan fingerprint density at radius 1 is 0.959 bits per heavy atom. The number of pyridine rings is 1. The van der Waals surface area contributed by atoms with E-state index in [-0.39, 0.29) is 85.4 Å². The van der Waals surface area contributed by atoms with Crippen molar-refractivity contribution >= 4 is 57.8 Å². The highest BCUT2D eigenvalue weighted by Gasteiger charge is 2.48. The van der Waals surface area contributed by atoms with Crippen LogP contribution in [0.5, 0.6) is 11.8 Å². The molecule has 3 aliphatic heterocycles. The van der Waals surface area contributed by atoms with Gasteiger partial charge in [0.15, 0.2) is 5.82 Å². The molecule has 1 saturated carbocycles. The van der Waals surface area contributed by atoms with Crippen molar-refractivity contribution in [2.24, 2.45) is 10.6 Å². The Morgan fingerprint density at radius 3 is 2.18 bits per heavy atom. The van der Waals surface area contributed by atoms with Gasteiger partial charge in [0, 0.05) is 68.1 Å². The molecule has 1 aliphatic carbocycles. The number of nitrogens with zero attached hydrogens (tertiary/aromatic N) is 7. The van der Waals surface area contributed by atoms with Crippen LogP contribution in [0, 0.1) is 28.5 Å². The van der Waals surface area contributed by atoms with E-state index in [0.717, 1.165) is 69.2 Å². The van der Waals surface area contributed by atoms with Gasteiger partial charge in [-0.15, -0.1) is 22.9 Å². The molecule has 5 heterocycles. The number of alkyl halides is 3. The molecule has 2 bridgehead atoms. The van der Waals surface area contributed by atoms with Gasteiger partial charge in [0.2, 0.25) is 0 Å². The van der Waals surface area contributed by atoms with Crippen molar-refractivity contribution in [3.05, 3.63) is 47.7 Å². The number of likely N-dealkylation sites (tertiary alicyclic amines) is 1. The first kappa shape index (κ1) is 53.9. The number of hydrogen-bond donors (Lipinski definition) is 0. The third-order valence-corrected chi connectivity index (χ3v) is 21.7. The van der Waals surface area contributed by atoms with Crippen LogP contribution >= 0.6 is 0 Å². The Bertz CT molecular complexity index is 2930. The Balaban J connectivity index is 1.27. The number of piperidine rings is 1. The van der Waals surface area contributed by atoms with E-state index in [1.807, 2.05) is 4.90 Å². The van der Waals surface area contributed by atoms with Gasteiger partial charge in [-0.1, -0.05) is 58.7 Å². The van der Waals surface area contributed by atoms with Gasteiger partial charge in [-0.05, 0) is 86.7 Å². The smallest absolute Gasteiger partial charge is 0.463 e. The summed E-state index contributed by atoms with van der Waals surface area (Å²) in [6.45, 7) is 21.1. The van der Waals surface area contributed by atoms with Crippen molar-refractivity contribution in [3.8, 4) is 34.5 Å². The van der Waals surface area contributed by atoms with Gasteiger partial charge in [0.25, 0.3) is 0 Å². The molecule has 22 heteroatoms. The summed E-state index contributed by atoms with van der Waals surface area (Å²) in [5.41, 5.74) is 2.89. The standard InChI is InChI=1S/C51H64F5N7O8SSi/c1-30(2)73(31(3)4,32(5)6)22-17-38-41(52)14-11-33-23-37(70-72(65,66)71-51(54,55)56)24-39(42(33)38)44-43(53)45-40(25-57-44)46(62-26-35-12-13-36(27-62)63(35)48(64)69-49(7,8)9)59-47(58-45)68-29-50(18-19-50)28-61-20-15-34(16-21-61)60-67-10/h11,14,23-25,30-32,35-36H,12-13,15-16,18-21,26-29H2,1-10H3.